The number of benzene rings is 3. The summed E-state index contributed by atoms with van der Waals surface area (Å²) in [4.78, 5) is 18.0. The second kappa shape index (κ2) is 12.6. The lowest BCUT2D eigenvalue weighted by atomic mass is 9.95. The molecule has 0 radical (unpaired) electrons. The molecule has 1 aromatic heterocycles. The fourth-order valence-corrected chi connectivity index (χ4v) is 5.59. The van der Waals surface area contributed by atoms with E-state index in [2.05, 4.69) is 17.4 Å². The van der Waals surface area contributed by atoms with Crippen molar-refractivity contribution in [2.45, 2.75) is 50.2 Å². The Bertz CT molecular complexity index is 1500. The quantitative estimate of drug-likeness (QED) is 0.160. The Labute approximate surface area is 243 Å². The number of hydrogen-bond acceptors (Lipinski definition) is 7. The summed E-state index contributed by atoms with van der Waals surface area (Å²) in [5.41, 5.74) is 4.28. The topological polar surface area (TPSA) is 78.3 Å². The fourth-order valence-electron chi connectivity index (χ4n) is 4.48. The molecule has 5 rings (SSSR count). The highest BCUT2D eigenvalue weighted by atomic mass is 35.5. The van der Waals surface area contributed by atoms with Crippen LogP contribution in [0.4, 0.5) is 5.95 Å². The monoisotopic (exact) mass is 574 g/mol. The number of carbonyl (C=O) groups excluding carboxylic acids is 1. The zero-order valence-electron chi connectivity index (χ0n) is 22.6. The van der Waals surface area contributed by atoms with Gasteiger partial charge in [-0.15, -0.1) is 5.10 Å². The Morgan fingerprint density at radius 1 is 1.05 bits per heavy atom. The first kappa shape index (κ1) is 27.8. The molecule has 206 valence electrons. The SMILES string of the molecule is CC1=C(C(=O)OC(C)C)C(c2ccc(OCCc3ccccc3)cc2)n2nc(SCc3ccccc3Cl)nc2N1. The average molecular weight is 575 g/mol. The highest BCUT2D eigenvalue weighted by molar-refractivity contribution is 7.98. The van der Waals surface area contributed by atoms with Crippen LogP contribution in [0.25, 0.3) is 0 Å². The van der Waals surface area contributed by atoms with E-state index in [4.69, 9.17) is 31.2 Å². The molecule has 1 unspecified atom stereocenters. The molecule has 0 amide bonds. The van der Waals surface area contributed by atoms with Gasteiger partial charge in [0.05, 0.1) is 18.3 Å². The molecule has 0 spiro atoms. The molecule has 1 aliphatic heterocycles. The van der Waals surface area contributed by atoms with E-state index in [0.29, 0.717) is 39.8 Å². The molecule has 1 atom stereocenters. The van der Waals surface area contributed by atoms with Crippen molar-refractivity contribution >= 4 is 35.3 Å². The van der Waals surface area contributed by atoms with Crippen molar-refractivity contribution in [3.63, 3.8) is 0 Å². The Morgan fingerprint density at radius 2 is 1.77 bits per heavy atom. The van der Waals surface area contributed by atoms with Crippen molar-refractivity contribution < 1.29 is 14.3 Å². The smallest absolute Gasteiger partial charge is 0.338 e. The predicted molar refractivity (Wildman–Crippen MR) is 159 cm³/mol. The minimum absolute atomic E-state index is 0.257. The first-order valence-corrected chi connectivity index (χ1v) is 14.5. The summed E-state index contributed by atoms with van der Waals surface area (Å²) in [5, 5.41) is 9.34. The maximum absolute atomic E-state index is 13.3. The third-order valence-corrected chi connectivity index (χ3v) is 7.66. The predicted octanol–water partition coefficient (Wildman–Crippen LogP) is 7.09. The number of nitrogens with zero attached hydrogens (tertiary/aromatic N) is 3. The number of hydrogen-bond donors (Lipinski definition) is 1. The summed E-state index contributed by atoms with van der Waals surface area (Å²) in [6, 6.07) is 25.2. The zero-order chi connectivity index (χ0) is 28.1. The molecule has 0 fully saturated rings. The molecule has 40 heavy (non-hydrogen) atoms. The Balaban J connectivity index is 1.39. The van der Waals surface area contributed by atoms with Crippen LogP contribution in [0, 0.1) is 0 Å². The second-order valence-corrected chi connectivity index (χ2v) is 11.1. The van der Waals surface area contributed by atoms with E-state index in [-0.39, 0.29) is 12.1 Å². The second-order valence-electron chi connectivity index (χ2n) is 9.72. The van der Waals surface area contributed by atoms with Gasteiger partial charge in [0.25, 0.3) is 0 Å². The lowest BCUT2D eigenvalue weighted by Crippen LogP contribution is -2.30. The highest BCUT2D eigenvalue weighted by Crippen LogP contribution is 2.38. The lowest BCUT2D eigenvalue weighted by Gasteiger charge is -2.28. The van der Waals surface area contributed by atoms with Gasteiger partial charge in [-0.1, -0.05) is 84.0 Å². The van der Waals surface area contributed by atoms with Crippen LogP contribution < -0.4 is 10.1 Å². The van der Waals surface area contributed by atoms with Gasteiger partial charge in [-0.2, -0.15) is 4.98 Å². The summed E-state index contributed by atoms with van der Waals surface area (Å²) >= 11 is 7.83. The van der Waals surface area contributed by atoms with Gasteiger partial charge in [-0.05, 0) is 55.7 Å². The van der Waals surface area contributed by atoms with Crippen LogP contribution in [0.2, 0.25) is 5.02 Å². The molecule has 0 bridgehead atoms. The number of carbonyl (C=O) groups is 1. The summed E-state index contributed by atoms with van der Waals surface area (Å²) < 4.78 is 13.4. The number of aromatic nitrogens is 3. The van der Waals surface area contributed by atoms with Gasteiger partial charge in [0.2, 0.25) is 11.1 Å². The number of esters is 1. The Kier molecular flexibility index (Phi) is 8.77. The van der Waals surface area contributed by atoms with Crippen LogP contribution in [0.3, 0.4) is 0 Å². The molecule has 1 aliphatic rings. The minimum atomic E-state index is -0.511. The van der Waals surface area contributed by atoms with Crippen molar-refractivity contribution in [3.05, 3.63) is 112 Å². The number of thioether (sulfide) groups is 1. The Morgan fingerprint density at radius 3 is 2.50 bits per heavy atom. The van der Waals surface area contributed by atoms with Crippen molar-refractivity contribution in [1.82, 2.24) is 14.8 Å². The molecule has 1 N–H and O–H groups in total. The van der Waals surface area contributed by atoms with Gasteiger partial charge in [0, 0.05) is 22.9 Å². The van der Waals surface area contributed by atoms with Crippen LogP contribution in [-0.2, 0) is 21.7 Å². The van der Waals surface area contributed by atoms with Crippen molar-refractivity contribution in [3.8, 4) is 5.75 Å². The molecule has 0 saturated heterocycles. The number of halogens is 1. The molecule has 2 heterocycles. The summed E-state index contributed by atoms with van der Waals surface area (Å²) in [7, 11) is 0. The molecular formula is C31H31ClN4O3S. The minimum Gasteiger partial charge on any atom is -0.493 e. The van der Waals surface area contributed by atoms with Crippen LogP contribution in [-0.4, -0.2) is 33.4 Å². The number of allylic oxidation sites excluding steroid dienone is 1. The normalized spacial score (nSPS) is 14.6. The summed E-state index contributed by atoms with van der Waals surface area (Å²) in [6.07, 6.45) is 0.564. The molecule has 9 heteroatoms. The highest BCUT2D eigenvalue weighted by Gasteiger charge is 2.35. The zero-order valence-corrected chi connectivity index (χ0v) is 24.2. The van der Waals surface area contributed by atoms with Gasteiger partial charge >= 0.3 is 5.97 Å². The number of nitrogens with one attached hydrogen (secondary N) is 1. The summed E-state index contributed by atoms with van der Waals surface area (Å²) in [6.45, 7) is 6.11. The number of anilines is 1. The number of fused-ring (bicyclic) bond motifs is 1. The van der Waals surface area contributed by atoms with E-state index in [0.717, 1.165) is 23.3 Å². The van der Waals surface area contributed by atoms with E-state index in [1.54, 1.807) is 4.68 Å². The summed E-state index contributed by atoms with van der Waals surface area (Å²) in [5.74, 6) is 1.56. The largest absolute Gasteiger partial charge is 0.493 e. The van der Waals surface area contributed by atoms with E-state index in [9.17, 15) is 4.79 Å². The van der Waals surface area contributed by atoms with Crippen molar-refractivity contribution in [2.75, 3.05) is 11.9 Å². The van der Waals surface area contributed by atoms with Gasteiger partial charge in [0.15, 0.2) is 0 Å². The third-order valence-electron chi connectivity index (χ3n) is 6.41. The van der Waals surface area contributed by atoms with E-state index < -0.39 is 6.04 Å². The van der Waals surface area contributed by atoms with E-state index in [1.807, 2.05) is 87.5 Å². The molecule has 0 aliphatic carbocycles. The average Bonchev–Trinajstić information content (AvgIpc) is 3.35. The Hall–Kier alpha value is -3.75. The molecule has 4 aromatic rings. The van der Waals surface area contributed by atoms with Crippen LogP contribution in [0.15, 0.2) is 95.3 Å². The maximum atomic E-state index is 13.3. The third kappa shape index (κ3) is 6.51. The van der Waals surface area contributed by atoms with Gasteiger partial charge < -0.3 is 14.8 Å². The molecule has 7 nitrogen and oxygen atoms in total. The lowest BCUT2D eigenvalue weighted by molar-refractivity contribution is -0.143. The molecular weight excluding hydrogens is 544 g/mol. The van der Waals surface area contributed by atoms with Crippen LogP contribution in [0.5, 0.6) is 5.75 Å². The number of ether oxygens (including phenoxy) is 2. The van der Waals surface area contributed by atoms with Crippen LogP contribution in [0.1, 0.15) is 43.5 Å². The number of rotatable bonds is 10. The standard InChI is InChI=1S/C31H31ClN4O3S/c1-20(2)39-29(37)27-21(3)33-30-34-31(40-19-24-11-7-8-12-26(24)32)35-36(30)28(27)23-13-15-25(16-14-23)38-18-17-22-9-5-4-6-10-22/h4-16,20,28H,17-19H2,1-3H3,(H,33,34,35). The molecule has 0 saturated carbocycles. The van der Waals surface area contributed by atoms with E-state index in [1.165, 1.54) is 17.3 Å². The first-order chi connectivity index (χ1) is 19.4. The maximum Gasteiger partial charge on any atom is 0.338 e. The first-order valence-electron chi connectivity index (χ1n) is 13.2. The van der Waals surface area contributed by atoms with Crippen molar-refractivity contribution in [1.29, 1.82) is 0 Å². The van der Waals surface area contributed by atoms with E-state index >= 15 is 0 Å². The van der Waals surface area contributed by atoms with Gasteiger partial charge in [-0.3, -0.25) is 0 Å². The van der Waals surface area contributed by atoms with Gasteiger partial charge in [-0.25, -0.2) is 9.48 Å². The fraction of sp³-hybridized carbons (Fsp3) is 0.258. The van der Waals surface area contributed by atoms with Crippen molar-refractivity contribution in [2.24, 2.45) is 0 Å². The molecule has 3 aromatic carbocycles. The van der Waals surface area contributed by atoms with Crippen LogP contribution >= 0.6 is 23.4 Å². The van der Waals surface area contributed by atoms with Gasteiger partial charge in [0.1, 0.15) is 11.8 Å².